The van der Waals surface area contributed by atoms with Gasteiger partial charge in [0.25, 0.3) is 0 Å². The van der Waals surface area contributed by atoms with Gasteiger partial charge in [-0.25, -0.2) is 0 Å². The van der Waals surface area contributed by atoms with Gasteiger partial charge in [0.15, 0.2) is 0 Å². The van der Waals surface area contributed by atoms with Crippen molar-refractivity contribution in [3.8, 4) is 5.75 Å². The number of quaternary nitrogens is 1. The van der Waals surface area contributed by atoms with Gasteiger partial charge in [0.05, 0.1) is 6.04 Å². The van der Waals surface area contributed by atoms with Crippen LogP contribution in [0.2, 0.25) is 5.02 Å². The number of aliphatic carboxylic acids is 1. The second-order valence-electron chi connectivity index (χ2n) is 8.00. The van der Waals surface area contributed by atoms with Crippen LogP contribution in [0.25, 0.3) is 0 Å². The number of benzene rings is 2. The third-order valence-electron chi connectivity index (χ3n) is 5.09. The molecule has 0 bridgehead atoms. The Morgan fingerprint density at radius 2 is 1.72 bits per heavy atom. The van der Waals surface area contributed by atoms with Crippen LogP contribution in [0.3, 0.4) is 0 Å². The van der Waals surface area contributed by atoms with Crippen molar-refractivity contribution < 1.29 is 20.4 Å². The van der Waals surface area contributed by atoms with Gasteiger partial charge in [-0.1, -0.05) is 56.1 Å². The second kappa shape index (κ2) is 11.8. The lowest BCUT2D eigenvalue weighted by Crippen LogP contribution is -2.61. The van der Waals surface area contributed by atoms with Crippen LogP contribution in [0.5, 0.6) is 5.75 Å². The molecule has 1 saturated carbocycles. The number of hydrogen-bond donors (Lipinski definition) is 1. The molecule has 1 fully saturated rings. The minimum absolute atomic E-state index is 0.0907. The van der Waals surface area contributed by atoms with Crippen molar-refractivity contribution in [2.24, 2.45) is 0 Å². The van der Waals surface area contributed by atoms with Crippen LogP contribution in [-0.2, 0) is 17.8 Å². The maximum absolute atomic E-state index is 10.5. The predicted octanol–water partition coefficient (Wildman–Crippen LogP) is 3.90. The second-order valence-corrected chi connectivity index (χ2v) is 8.40. The Hall–Kier alpha value is -2.04. The highest BCUT2D eigenvalue weighted by Gasteiger charge is 2.09. The molecule has 0 unspecified atom stereocenters. The van der Waals surface area contributed by atoms with Gasteiger partial charge in [0.2, 0.25) is 0 Å². The van der Waals surface area contributed by atoms with E-state index in [4.69, 9.17) is 16.3 Å². The fraction of sp³-hybridized carbons (Fsp3) is 0.458. The third-order valence-corrected chi connectivity index (χ3v) is 5.42. The van der Waals surface area contributed by atoms with Gasteiger partial charge < -0.3 is 20.4 Å². The van der Waals surface area contributed by atoms with Crippen molar-refractivity contribution in [1.29, 1.82) is 0 Å². The average molecular weight is 418 g/mol. The van der Waals surface area contributed by atoms with Crippen molar-refractivity contribution in [2.75, 3.05) is 0 Å². The van der Waals surface area contributed by atoms with Crippen LogP contribution in [0, 0.1) is 0 Å². The van der Waals surface area contributed by atoms with E-state index < -0.39 is 5.97 Å². The van der Waals surface area contributed by atoms with E-state index in [2.05, 4.69) is 19.6 Å². The lowest BCUT2D eigenvalue weighted by molar-refractivity contribution is -0.425. The topological polar surface area (TPSA) is 77.0 Å². The van der Waals surface area contributed by atoms with E-state index in [1.54, 1.807) is 24.3 Å². The Balaban J connectivity index is 0.000000360. The summed E-state index contributed by atoms with van der Waals surface area (Å²) in [5.74, 6) is -0.0153. The van der Waals surface area contributed by atoms with Crippen LogP contribution in [0.15, 0.2) is 42.5 Å². The summed E-state index contributed by atoms with van der Waals surface area (Å²) < 4.78 is 5.69. The average Bonchev–Trinajstić information content (AvgIpc) is 2.68. The molecule has 2 aromatic rings. The SMILES string of the molecule is CC(C)c1ccc(COc2ccc(CC(=O)[O-])cc2)cc1Cl.[NH3+]C1CCCCC1. The van der Waals surface area contributed by atoms with E-state index in [-0.39, 0.29) is 6.42 Å². The summed E-state index contributed by atoms with van der Waals surface area (Å²) in [6.07, 6.45) is 6.96. The first kappa shape index (κ1) is 23.2. The number of carboxylic acids is 1. The summed E-state index contributed by atoms with van der Waals surface area (Å²) in [6, 6.07) is 13.7. The number of carbonyl (C=O) groups excluding carboxylic acids is 1. The fourth-order valence-electron chi connectivity index (χ4n) is 3.35. The number of carboxylic acid groups (broad SMARTS) is 1. The summed E-state index contributed by atoms with van der Waals surface area (Å²) in [7, 11) is 0. The van der Waals surface area contributed by atoms with Gasteiger partial charge >= 0.3 is 0 Å². The monoisotopic (exact) mass is 417 g/mol. The largest absolute Gasteiger partial charge is 0.550 e. The van der Waals surface area contributed by atoms with E-state index in [0.29, 0.717) is 23.8 Å². The summed E-state index contributed by atoms with van der Waals surface area (Å²) in [4.78, 5) is 10.5. The van der Waals surface area contributed by atoms with Gasteiger partial charge in [-0.3, -0.25) is 0 Å². The molecular formula is C24H32ClNO3. The zero-order chi connectivity index (χ0) is 21.2. The molecule has 0 spiro atoms. The first-order chi connectivity index (χ1) is 13.8. The Morgan fingerprint density at radius 1 is 1.10 bits per heavy atom. The Labute approximate surface area is 179 Å². The molecule has 0 radical (unpaired) electrons. The molecule has 1 aliphatic rings. The molecular weight excluding hydrogens is 386 g/mol. The predicted molar refractivity (Wildman–Crippen MR) is 115 cm³/mol. The summed E-state index contributed by atoms with van der Waals surface area (Å²) in [5.41, 5.74) is 6.80. The molecule has 3 rings (SSSR count). The number of halogens is 1. The molecule has 2 aromatic carbocycles. The Kier molecular flexibility index (Phi) is 9.49. The standard InChI is InChI=1S/C18H19ClO3.C6H13N/c1-12(2)16-8-5-14(9-17(16)19)11-22-15-6-3-13(4-7-15)10-18(20)21;7-6-4-2-1-3-5-6/h3-9,12H,10-11H2,1-2H3,(H,20,21);6H,1-5,7H2. The van der Waals surface area contributed by atoms with E-state index in [1.165, 1.54) is 32.1 Å². The smallest absolute Gasteiger partial charge is 0.119 e. The highest BCUT2D eigenvalue weighted by atomic mass is 35.5. The third kappa shape index (κ3) is 8.46. The summed E-state index contributed by atoms with van der Waals surface area (Å²) >= 11 is 6.26. The van der Waals surface area contributed by atoms with E-state index in [9.17, 15) is 9.90 Å². The van der Waals surface area contributed by atoms with Crippen molar-refractivity contribution in [3.63, 3.8) is 0 Å². The maximum atomic E-state index is 10.5. The molecule has 0 atom stereocenters. The molecule has 0 aromatic heterocycles. The van der Waals surface area contributed by atoms with Gasteiger partial charge in [-0.2, -0.15) is 0 Å². The zero-order valence-corrected chi connectivity index (χ0v) is 18.2. The molecule has 0 amide bonds. The molecule has 29 heavy (non-hydrogen) atoms. The van der Waals surface area contributed by atoms with E-state index in [0.717, 1.165) is 22.2 Å². The number of ether oxygens (including phenoxy) is 1. The van der Waals surface area contributed by atoms with Crippen LogP contribution in [0.4, 0.5) is 0 Å². The van der Waals surface area contributed by atoms with Crippen LogP contribution < -0.4 is 15.6 Å². The molecule has 1 aliphatic carbocycles. The van der Waals surface area contributed by atoms with Crippen LogP contribution >= 0.6 is 11.6 Å². The fourth-order valence-corrected chi connectivity index (χ4v) is 3.77. The molecule has 158 valence electrons. The molecule has 0 saturated heterocycles. The summed E-state index contributed by atoms with van der Waals surface area (Å²) in [6.45, 7) is 4.62. The summed E-state index contributed by atoms with van der Waals surface area (Å²) in [5, 5.41) is 11.3. The lowest BCUT2D eigenvalue weighted by Gasteiger charge is -2.12. The first-order valence-corrected chi connectivity index (χ1v) is 10.8. The molecule has 0 aliphatic heterocycles. The Bertz CT molecular complexity index is 768. The first-order valence-electron chi connectivity index (χ1n) is 10.4. The quantitative estimate of drug-likeness (QED) is 0.774. The highest BCUT2D eigenvalue weighted by Crippen LogP contribution is 2.25. The lowest BCUT2D eigenvalue weighted by atomic mass is 9.97. The zero-order valence-electron chi connectivity index (χ0n) is 17.5. The Morgan fingerprint density at radius 3 is 2.21 bits per heavy atom. The van der Waals surface area contributed by atoms with E-state index in [1.807, 2.05) is 18.2 Å². The van der Waals surface area contributed by atoms with Crippen LogP contribution in [0.1, 0.15) is 68.6 Å². The van der Waals surface area contributed by atoms with Crippen molar-refractivity contribution in [3.05, 3.63) is 64.2 Å². The number of hydrogen-bond acceptors (Lipinski definition) is 3. The molecule has 3 N–H and O–H groups in total. The number of carbonyl (C=O) groups is 1. The highest BCUT2D eigenvalue weighted by molar-refractivity contribution is 6.31. The van der Waals surface area contributed by atoms with Crippen molar-refractivity contribution in [1.82, 2.24) is 0 Å². The van der Waals surface area contributed by atoms with Crippen LogP contribution in [-0.4, -0.2) is 12.0 Å². The minimum Gasteiger partial charge on any atom is -0.550 e. The van der Waals surface area contributed by atoms with Gasteiger partial charge in [0.1, 0.15) is 12.4 Å². The van der Waals surface area contributed by atoms with E-state index >= 15 is 0 Å². The molecule has 5 heteroatoms. The van der Waals surface area contributed by atoms with Crippen molar-refractivity contribution >= 4 is 17.6 Å². The molecule has 0 heterocycles. The number of rotatable bonds is 6. The maximum Gasteiger partial charge on any atom is 0.119 e. The minimum atomic E-state index is -1.09. The van der Waals surface area contributed by atoms with Gasteiger partial charge in [0, 0.05) is 17.4 Å². The van der Waals surface area contributed by atoms with Crippen molar-refractivity contribution in [2.45, 2.75) is 70.9 Å². The van der Waals surface area contributed by atoms with Gasteiger partial charge in [-0.05, 0) is 66.5 Å². The normalized spacial score (nSPS) is 14.2. The molecule has 4 nitrogen and oxygen atoms in total. The van der Waals surface area contributed by atoms with Gasteiger partial charge in [-0.15, -0.1) is 0 Å².